The summed E-state index contributed by atoms with van der Waals surface area (Å²) in [6.45, 7) is 1.52. The molecule has 1 aliphatic heterocycles. The van der Waals surface area contributed by atoms with Gasteiger partial charge < -0.3 is 10.4 Å². The van der Waals surface area contributed by atoms with E-state index in [0.29, 0.717) is 5.69 Å². The largest absolute Gasteiger partial charge is 0.478 e. The lowest BCUT2D eigenvalue weighted by Gasteiger charge is -2.00. The predicted molar refractivity (Wildman–Crippen MR) is 53.7 cm³/mol. The van der Waals surface area contributed by atoms with Crippen molar-refractivity contribution < 1.29 is 18.3 Å². The first-order valence-corrected chi connectivity index (χ1v) is 5.85. The van der Waals surface area contributed by atoms with Gasteiger partial charge in [0, 0.05) is 0 Å². The maximum absolute atomic E-state index is 11.7. The van der Waals surface area contributed by atoms with Crippen LogP contribution in [0.3, 0.4) is 0 Å². The van der Waals surface area contributed by atoms with E-state index in [1.807, 2.05) is 0 Å². The highest BCUT2D eigenvalue weighted by Crippen LogP contribution is 2.33. The van der Waals surface area contributed by atoms with Crippen LogP contribution >= 0.6 is 0 Å². The van der Waals surface area contributed by atoms with Crippen LogP contribution in [-0.2, 0) is 9.84 Å². The average molecular weight is 227 g/mol. The van der Waals surface area contributed by atoms with Crippen molar-refractivity contribution in [2.75, 3.05) is 5.32 Å². The van der Waals surface area contributed by atoms with Gasteiger partial charge in [-0.15, -0.1) is 0 Å². The van der Waals surface area contributed by atoms with Crippen LogP contribution in [0.15, 0.2) is 23.1 Å². The van der Waals surface area contributed by atoms with Crippen LogP contribution < -0.4 is 5.32 Å². The Morgan fingerprint density at radius 1 is 1.47 bits per heavy atom. The third-order valence-electron chi connectivity index (χ3n) is 2.36. The summed E-state index contributed by atoms with van der Waals surface area (Å²) in [7, 11) is -3.41. The van der Waals surface area contributed by atoms with E-state index in [-0.39, 0.29) is 10.5 Å². The Morgan fingerprint density at radius 2 is 2.13 bits per heavy atom. The molecule has 2 N–H and O–H groups in total. The Morgan fingerprint density at radius 3 is 2.73 bits per heavy atom. The van der Waals surface area contributed by atoms with Gasteiger partial charge in [-0.2, -0.15) is 0 Å². The smallest absolute Gasteiger partial charge is 0.335 e. The van der Waals surface area contributed by atoms with Crippen LogP contribution in [0.1, 0.15) is 17.3 Å². The fourth-order valence-electron chi connectivity index (χ4n) is 1.50. The molecule has 0 saturated heterocycles. The van der Waals surface area contributed by atoms with Crippen molar-refractivity contribution in [3.8, 4) is 0 Å². The van der Waals surface area contributed by atoms with E-state index in [9.17, 15) is 13.2 Å². The van der Waals surface area contributed by atoms with E-state index in [1.54, 1.807) is 0 Å². The molecule has 2 rings (SSSR count). The fourth-order valence-corrected chi connectivity index (χ4v) is 2.88. The van der Waals surface area contributed by atoms with Gasteiger partial charge in [-0.3, -0.25) is 0 Å². The molecule has 6 heteroatoms. The molecule has 0 fully saturated rings. The molecule has 0 radical (unpaired) electrons. The molecule has 0 aromatic heterocycles. The number of rotatable bonds is 1. The van der Waals surface area contributed by atoms with Crippen LogP contribution in [-0.4, -0.2) is 24.9 Å². The van der Waals surface area contributed by atoms with Gasteiger partial charge in [0.2, 0.25) is 9.84 Å². The summed E-state index contributed by atoms with van der Waals surface area (Å²) in [5.74, 6) is -1.13. The van der Waals surface area contributed by atoms with Gasteiger partial charge in [0.05, 0.1) is 16.1 Å². The van der Waals surface area contributed by atoms with Crippen LogP contribution in [0.25, 0.3) is 0 Å². The maximum atomic E-state index is 11.7. The summed E-state index contributed by atoms with van der Waals surface area (Å²) in [6.07, 6.45) is 0. The minimum absolute atomic E-state index is 0.0202. The third-order valence-corrected chi connectivity index (χ3v) is 4.36. The molecule has 0 aliphatic carbocycles. The zero-order valence-electron chi connectivity index (χ0n) is 7.89. The summed E-state index contributed by atoms with van der Waals surface area (Å²) >= 11 is 0. The Hall–Kier alpha value is -1.56. The number of sulfone groups is 1. The number of benzene rings is 1. The summed E-state index contributed by atoms with van der Waals surface area (Å²) in [6, 6.07) is 4.03. The van der Waals surface area contributed by atoms with Crippen molar-refractivity contribution in [2.24, 2.45) is 0 Å². The molecule has 1 aromatic carbocycles. The summed E-state index contributed by atoms with van der Waals surface area (Å²) in [4.78, 5) is 10.7. The Labute approximate surface area is 86.7 Å². The predicted octanol–water partition coefficient (Wildman–Crippen LogP) is 0.930. The van der Waals surface area contributed by atoms with Gasteiger partial charge in [0.15, 0.2) is 0 Å². The molecule has 0 bridgehead atoms. The second-order valence-corrected chi connectivity index (χ2v) is 5.58. The number of aromatic carboxylic acids is 1. The van der Waals surface area contributed by atoms with Crippen LogP contribution in [0.4, 0.5) is 5.69 Å². The molecular weight excluding hydrogens is 218 g/mol. The highest BCUT2D eigenvalue weighted by Gasteiger charge is 2.33. The minimum atomic E-state index is -3.41. The molecule has 1 atom stereocenters. The first-order chi connectivity index (χ1) is 6.93. The lowest BCUT2D eigenvalue weighted by atomic mass is 10.2. The van der Waals surface area contributed by atoms with Gasteiger partial charge >= 0.3 is 5.97 Å². The van der Waals surface area contributed by atoms with Crippen molar-refractivity contribution in [1.29, 1.82) is 0 Å². The Balaban J connectivity index is 2.65. The third kappa shape index (κ3) is 1.37. The van der Waals surface area contributed by atoms with Gasteiger partial charge in [-0.05, 0) is 25.1 Å². The van der Waals surface area contributed by atoms with Crippen LogP contribution in [0.2, 0.25) is 0 Å². The number of fused-ring (bicyclic) bond motifs is 1. The molecule has 0 amide bonds. The minimum Gasteiger partial charge on any atom is -0.478 e. The standard InChI is InChI=1S/C9H9NO4S/c1-5-10-7-3-2-6(9(11)12)4-8(7)15(5,13)14/h2-5,10H,1H3,(H,11,12). The number of hydrogen-bond donors (Lipinski definition) is 2. The number of nitrogens with one attached hydrogen (secondary N) is 1. The number of carbonyl (C=O) groups is 1. The van der Waals surface area contributed by atoms with Gasteiger partial charge in [-0.25, -0.2) is 13.2 Å². The quantitative estimate of drug-likeness (QED) is 0.745. The number of anilines is 1. The van der Waals surface area contributed by atoms with Crippen molar-refractivity contribution in [3.05, 3.63) is 23.8 Å². The molecule has 80 valence electrons. The van der Waals surface area contributed by atoms with E-state index in [2.05, 4.69) is 5.32 Å². The molecule has 1 unspecified atom stereocenters. The average Bonchev–Trinajstić information content (AvgIpc) is 2.38. The van der Waals surface area contributed by atoms with E-state index in [0.717, 1.165) is 0 Å². The second kappa shape index (κ2) is 2.96. The topological polar surface area (TPSA) is 83.5 Å². The zero-order valence-corrected chi connectivity index (χ0v) is 8.71. The molecule has 5 nitrogen and oxygen atoms in total. The lowest BCUT2D eigenvalue weighted by molar-refractivity contribution is 0.0696. The van der Waals surface area contributed by atoms with Crippen molar-refractivity contribution in [3.63, 3.8) is 0 Å². The second-order valence-electron chi connectivity index (χ2n) is 3.35. The lowest BCUT2D eigenvalue weighted by Crippen LogP contribution is -2.17. The van der Waals surface area contributed by atoms with Crippen molar-refractivity contribution >= 4 is 21.5 Å². The Kier molecular flexibility index (Phi) is 1.97. The van der Waals surface area contributed by atoms with Crippen molar-refractivity contribution in [1.82, 2.24) is 0 Å². The van der Waals surface area contributed by atoms with E-state index in [4.69, 9.17) is 5.11 Å². The summed E-state index contributed by atoms with van der Waals surface area (Å²) < 4.78 is 23.4. The molecule has 1 aromatic rings. The SMILES string of the molecule is CC1Nc2ccc(C(=O)O)cc2S1(=O)=O. The molecule has 1 aliphatic rings. The number of hydrogen-bond acceptors (Lipinski definition) is 4. The number of carboxylic acids is 1. The fraction of sp³-hybridized carbons (Fsp3) is 0.222. The van der Waals surface area contributed by atoms with E-state index >= 15 is 0 Å². The first-order valence-electron chi connectivity index (χ1n) is 4.30. The summed E-state index contributed by atoms with van der Waals surface area (Å²) in [5.41, 5.74) is 0.445. The van der Waals surface area contributed by atoms with Gasteiger partial charge in [0.25, 0.3) is 0 Å². The maximum Gasteiger partial charge on any atom is 0.335 e. The van der Waals surface area contributed by atoms with Crippen LogP contribution in [0, 0.1) is 0 Å². The molecule has 0 saturated carbocycles. The van der Waals surface area contributed by atoms with Crippen LogP contribution in [0.5, 0.6) is 0 Å². The highest BCUT2D eigenvalue weighted by atomic mass is 32.2. The monoisotopic (exact) mass is 227 g/mol. The van der Waals surface area contributed by atoms with Gasteiger partial charge in [0.1, 0.15) is 5.37 Å². The van der Waals surface area contributed by atoms with E-state index in [1.165, 1.54) is 25.1 Å². The van der Waals surface area contributed by atoms with Crippen molar-refractivity contribution in [2.45, 2.75) is 17.2 Å². The normalized spacial score (nSPS) is 21.8. The van der Waals surface area contributed by atoms with E-state index < -0.39 is 21.2 Å². The molecule has 1 heterocycles. The Bertz CT molecular complexity index is 535. The summed E-state index contributed by atoms with van der Waals surface area (Å²) in [5, 5.41) is 10.8. The molecule has 0 spiro atoms. The highest BCUT2D eigenvalue weighted by molar-refractivity contribution is 7.92. The first kappa shape index (κ1) is 9.97. The molecular formula is C9H9NO4S. The number of carboxylic acid groups (broad SMARTS) is 1. The molecule has 15 heavy (non-hydrogen) atoms. The zero-order chi connectivity index (χ0) is 11.2. The van der Waals surface area contributed by atoms with Gasteiger partial charge in [-0.1, -0.05) is 0 Å².